The van der Waals surface area contributed by atoms with Gasteiger partial charge in [-0.2, -0.15) is 0 Å². The van der Waals surface area contributed by atoms with Crippen molar-refractivity contribution in [2.24, 2.45) is 0 Å². The predicted octanol–water partition coefficient (Wildman–Crippen LogP) is 6.10. The van der Waals surface area contributed by atoms with E-state index in [2.05, 4.69) is 5.32 Å². The maximum absolute atomic E-state index is 13.9. The average Bonchev–Trinajstić information content (AvgIpc) is 2.92. The van der Waals surface area contributed by atoms with Crippen LogP contribution in [0.3, 0.4) is 0 Å². The maximum Gasteiger partial charge on any atom is 0.243 e. The van der Waals surface area contributed by atoms with E-state index in [1.807, 2.05) is 63.2 Å². The van der Waals surface area contributed by atoms with Crippen LogP contribution in [0, 0.1) is 0 Å². The number of sulfonamides is 1. The molecule has 3 aromatic rings. The number of halogens is 2. The van der Waals surface area contributed by atoms with E-state index >= 15 is 0 Å². The summed E-state index contributed by atoms with van der Waals surface area (Å²) in [7, 11) is -2.21. The van der Waals surface area contributed by atoms with Gasteiger partial charge in [0.15, 0.2) is 0 Å². The fraction of sp³-hybridized carbons (Fsp3) is 0.375. The summed E-state index contributed by atoms with van der Waals surface area (Å²) in [4.78, 5) is 29.2. The average molecular weight is 649 g/mol. The molecule has 0 heterocycles. The third-order valence-electron chi connectivity index (χ3n) is 6.61. The van der Waals surface area contributed by atoms with Crippen molar-refractivity contribution >= 4 is 50.7 Å². The zero-order chi connectivity index (χ0) is 31.8. The maximum atomic E-state index is 13.9. The molecule has 0 radical (unpaired) electrons. The highest BCUT2D eigenvalue weighted by atomic mass is 35.5. The Balaban J connectivity index is 1.90. The number of nitrogens with zero attached hydrogens (tertiary/aromatic N) is 2. The third kappa shape index (κ3) is 10.4. The fourth-order valence-electron chi connectivity index (χ4n) is 4.61. The largest absolute Gasteiger partial charge is 0.495 e. The number of anilines is 1. The molecule has 0 aliphatic heterocycles. The van der Waals surface area contributed by atoms with E-state index < -0.39 is 21.6 Å². The lowest BCUT2D eigenvalue weighted by atomic mass is 10.00. The number of amides is 2. The van der Waals surface area contributed by atoms with Crippen molar-refractivity contribution < 1.29 is 22.7 Å². The van der Waals surface area contributed by atoms with Gasteiger partial charge in [-0.3, -0.25) is 13.9 Å². The number of hydrogen-bond donors (Lipinski definition) is 1. The van der Waals surface area contributed by atoms with Crippen LogP contribution in [-0.2, 0) is 32.6 Å². The van der Waals surface area contributed by atoms with Crippen molar-refractivity contribution in [3.8, 4) is 5.75 Å². The van der Waals surface area contributed by atoms with Crippen molar-refractivity contribution in [3.63, 3.8) is 0 Å². The van der Waals surface area contributed by atoms with Gasteiger partial charge in [0.1, 0.15) is 11.8 Å². The highest BCUT2D eigenvalue weighted by Crippen LogP contribution is 2.30. The molecule has 3 aromatic carbocycles. The molecule has 0 spiro atoms. The molecule has 0 unspecified atom stereocenters. The second-order valence-corrected chi connectivity index (χ2v) is 14.1. The Hall–Kier alpha value is -3.27. The predicted molar refractivity (Wildman–Crippen MR) is 173 cm³/mol. The molecular formula is C32H39Cl2N3O5S. The van der Waals surface area contributed by atoms with Crippen LogP contribution in [0.1, 0.15) is 44.7 Å². The van der Waals surface area contributed by atoms with Crippen LogP contribution in [0.2, 0.25) is 10.0 Å². The van der Waals surface area contributed by atoms with Crippen LogP contribution in [0.15, 0.2) is 72.8 Å². The number of methoxy groups -OCH3 is 1. The van der Waals surface area contributed by atoms with Crippen molar-refractivity contribution in [1.29, 1.82) is 0 Å². The molecule has 3 rings (SSSR count). The van der Waals surface area contributed by atoms with E-state index in [0.29, 0.717) is 22.9 Å². The SMILES string of the molecule is COc1ccc(N(CCCC(=O)N(Cc2ccc(Cl)cc2)[C@H](Cc2ccccc2)C(=O)NC(C)(C)C)S(C)(=O)=O)cc1Cl. The molecule has 0 saturated heterocycles. The molecule has 8 nitrogen and oxygen atoms in total. The monoisotopic (exact) mass is 647 g/mol. The summed E-state index contributed by atoms with van der Waals surface area (Å²) in [5.74, 6) is -0.129. The van der Waals surface area contributed by atoms with Gasteiger partial charge < -0.3 is 15.0 Å². The minimum atomic E-state index is -3.68. The van der Waals surface area contributed by atoms with Gasteiger partial charge in [0.05, 0.1) is 24.1 Å². The Labute approximate surface area is 265 Å². The zero-order valence-electron chi connectivity index (χ0n) is 25.1. The summed E-state index contributed by atoms with van der Waals surface area (Å²) in [5.41, 5.74) is 1.57. The van der Waals surface area contributed by atoms with Crippen LogP contribution in [0.4, 0.5) is 5.69 Å². The number of carbonyl (C=O) groups is 2. The lowest BCUT2D eigenvalue weighted by Gasteiger charge is -2.34. The van der Waals surface area contributed by atoms with Crippen LogP contribution >= 0.6 is 23.2 Å². The Morgan fingerprint density at radius 1 is 0.953 bits per heavy atom. The van der Waals surface area contributed by atoms with Gasteiger partial charge in [0, 0.05) is 36.5 Å². The first-order valence-electron chi connectivity index (χ1n) is 13.9. The number of carbonyl (C=O) groups excluding carboxylic acids is 2. The molecule has 2 amide bonds. The summed E-state index contributed by atoms with van der Waals surface area (Å²) in [6, 6.07) is 20.6. The number of rotatable bonds is 13. The van der Waals surface area contributed by atoms with E-state index in [4.69, 9.17) is 27.9 Å². The minimum Gasteiger partial charge on any atom is -0.495 e. The number of nitrogens with one attached hydrogen (secondary N) is 1. The first-order chi connectivity index (χ1) is 20.2. The Morgan fingerprint density at radius 2 is 1.60 bits per heavy atom. The highest BCUT2D eigenvalue weighted by molar-refractivity contribution is 7.92. The summed E-state index contributed by atoms with van der Waals surface area (Å²) in [6.07, 6.45) is 1.64. The number of ether oxygens (including phenoxy) is 1. The molecule has 1 N–H and O–H groups in total. The quantitative estimate of drug-likeness (QED) is 0.242. The molecule has 0 aromatic heterocycles. The van der Waals surface area contributed by atoms with Gasteiger partial charge in [0.2, 0.25) is 21.8 Å². The Morgan fingerprint density at radius 3 is 2.16 bits per heavy atom. The molecule has 0 saturated carbocycles. The molecule has 43 heavy (non-hydrogen) atoms. The molecule has 0 fully saturated rings. The topological polar surface area (TPSA) is 96.0 Å². The Bertz CT molecular complexity index is 1490. The lowest BCUT2D eigenvalue weighted by molar-refractivity contribution is -0.142. The molecule has 11 heteroatoms. The zero-order valence-corrected chi connectivity index (χ0v) is 27.5. The third-order valence-corrected chi connectivity index (χ3v) is 8.35. The van der Waals surface area contributed by atoms with E-state index in [1.54, 1.807) is 29.2 Å². The van der Waals surface area contributed by atoms with E-state index in [9.17, 15) is 18.0 Å². The summed E-state index contributed by atoms with van der Waals surface area (Å²) in [6.45, 7) is 5.89. The van der Waals surface area contributed by atoms with Gasteiger partial charge in [0.25, 0.3) is 0 Å². The fourth-order valence-corrected chi connectivity index (χ4v) is 5.94. The number of hydrogen-bond acceptors (Lipinski definition) is 5. The first-order valence-corrected chi connectivity index (χ1v) is 16.5. The first kappa shape index (κ1) is 34.2. The normalized spacial score (nSPS) is 12.3. The van der Waals surface area contributed by atoms with Gasteiger partial charge in [-0.1, -0.05) is 65.7 Å². The summed E-state index contributed by atoms with van der Waals surface area (Å²) in [5, 5.41) is 3.87. The lowest BCUT2D eigenvalue weighted by Crippen LogP contribution is -2.54. The van der Waals surface area contributed by atoms with Crippen molar-refractivity contribution in [2.45, 2.75) is 58.2 Å². The van der Waals surface area contributed by atoms with E-state index in [-0.39, 0.29) is 42.8 Å². The van der Waals surface area contributed by atoms with Crippen LogP contribution in [0.25, 0.3) is 0 Å². The molecule has 0 bridgehead atoms. The molecule has 1 atom stereocenters. The van der Waals surface area contributed by atoms with E-state index in [1.165, 1.54) is 17.5 Å². The van der Waals surface area contributed by atoms with Gasteiger partial charge >= 0.3 is 0 Å². The second kappa shape index (κ2) is 14.9. The summed E-state index contributed by atoms with van der Waals surface area (Å²) >= 11 is 12.4. The van der Waals surface area contributed by atoms with Crippen LogP contribution < -0.4 is 14.4 Å². The second-order valence-electron chi connectivity index (χ2n) is 11.4. The van der Waals surface area contributed by atoms with Crippen LogP contribution in [0.5, 0.6) is 5.75 Å². The molecule has 232 valence electrons. The van der Waals surface area contributed by atoms with Crippen LogP contribution in [-0.4, -0.2) is 56.6 Å². The van der Waals surface area contributed by atoms with Crippen molar-refractivity contribution in [1.82, 2.24) is 10.2 Å². The number of benzene rings is 3. The molecule has 0 aliphatic rings. The van der Waals surface area contributed by atoms with Gasteiger partial charge in [-0.15, -0.1) is 0 Å². The highest BCUT2D eigenvalue weighted by Gasteiger charge is 2.32. The van der Waals surface area contributed by atoms with Gasteiger partial charge in [-0.05, 0) is 68.7 Å². The van der Waals surface area contributed by atoms with Gasteiger partial charge in [-0.25, -0.2) is 8.42 Å². The molecule has 0 aliphatic carbocycles. The van der Waals surface area contributed by atoms with Crippen molar-refractivity contribution in [2.75, 3.05) is 24.2 Å². The Kier molecular flexibility index (Phi) is 11.9. The summed E-state index contributed by atoms with van der Waals surface area (Å²) < 4.78 is 31.8. The standard InChI is InChI=1S/C32H39Cl2N3O5S/c1-32(2,3)35-31(39)28(20-23-10-7-6-8-11-23)36(22-24-13-15-25(33)16-14-24)30(38)12-9-19-37(43(5,40)41)26-17-18-29(42-4)27(34)21-26/h6-8,10-11,13-18,21,28H,9,12,19-20,22H2,1-5H3,(H,35,39)/t28-/m1/s1. The smallest absolute Gasteiger partial charge is 0.243 e. The van der Waals surface area contributed by atoms with Crippen molar-refractivity contribution in [3.05, 3.63) is 94.0 Å². The molecular weight excluding hydrogens is 609 g/mol. The minimum absolute atomic E-state index is 0.0115. The van der Waals surface area contributed by atoms with E-state index in [0.717, 1.165) is 17.4 Å².